The van der Waals surface area contributed by atoms with Gasteiger partial charge in [0.2, 0.25) is 0 Å². The summed E-state index contributed by atoms with van der Waals surface area (Å²) in [5, 5.41) is 3.18. The summed E-state index contributed by atoms with van der Waals surface area (Å²) in [7, 11) is 0. The van der Waals surface area contributed by atoms with Crippen molar-refractivity contribution in [3.05, 3.63) is 113 Å². The number of benzene rings is 3. The highest BCUT2D eigenvalue weighted by molar-refractivity contribution is 5.94. The van der Waals surface area contributed by atoms with Gasteiger partial charge in [0.1, 0.15) is 0 Å². The number of hydrogen-bond acceptors (Lipinski definition) is 1. The number of carbonyl (C=O) groups is 1. The Hall–Kier alpha value is -3.13. The molecular formula is C25H25NO. The Morgan fingerprint density at radius 3 is 1.93 bits per heavy atom. The van der Waals surface area contributed by atoms with Gasteiger partial charge in [0.05, 0.1) is 6.04 Å². The standard InChI is InChI=1S/C25H25NO/c1-2-3-6-11-20-16-18-23(19-17-20)25(27)26-24(21-12-7-4-8-13-21)22-14-9-5-10-15-22/h4-19,24H,2-3H2,1H3,(H,26,27)/b11-6+. The van der Waals surface area contributed by atoms with E-state index in [2.05, 4.69) is 24.4 Å². The summed E-state index contributed by atoms with van der Waals surface area (Å²) in [5.41, 5.74) is 3.91. The summed E-state index contributed by atoms with van der Waals surface area (Å²) in [4.78, 5) is 12.8. The van der Waals surface area contributed by atoms with Gasteiger partial charge in [0.25, 0.3) is 5.91 Å². The van der Waals surface area contributed by atoms with E-state index in [1.165, 1.54) is 0 Å². The molecule has 27 heavy (non-hydrogen) atoms. The van der Waals surface area contributed by atoms with Gasteiger partial charge in [0, 0.05) is 5.56 Å². The van der Waals surface area contributed by atoms with Crippen LogP contribution in [0.4, 0.5) is 0 Å². The monoisotopic (exact) mass is 355 g/mol. The number of rotatable bonds is 7. The van der Waals surface area contributed by atoms with Gasteiger partial charge in [-0.25, -0.2) is 0 Å². The third kappa shape index (κ3) is 5.18. The highest BCUT2D eigenvalue weighted by Gasteiger charge is 2.17. The first-order valence-electron chi connectivity index (χ1n) is 9.45. The molecule has 1 N–H and O–H groups in total. The molecule has 0 bridgehead atoms. The first kappa shape index (κ1) is 18.7. The van der Waals surface area contributed by atoms with Crippen LogP contribution in [-0.4, -0.2) is 5.91 Å². The molecule has 2 heteroatoms. The maximum atomic E-state index is 12.8. The van der Waals surface area contributed by atoms with E-state index in [0.717, 1.165) is 29.5 Å². The van der Waals surface area contributed by atoms with Crippen molar-refractivity contribution in [2.24, 2.45) is 0 Å². The first-order valence-corrected chi connectivity index (χ1v) is 9.45. The van der Waals surface area contributed by atoms with E-state index in [4.69, 9.17) is 0 Å². The second-order valence-corrected chi connectivity index (χ2v) is 6.54. The van der Waals surface area contributed by atoms with Crippen molar-refractivity contribution in [3.63, 3.8) is 0 Å². The SMILES string of the molecule is CCC/C=C/c1ccc(C(=O)NC(c2ccccc2)c2ccccc2)cc1. The van der Waals surface area contributed by atoms with Crippen LogP contribution in [0.15, 0.2) is 91.0 Å². The van der Waals surface area contributed by atoms with Gasteiger partial charge >= 0.3 is 0 Å². The van der Waals surface area contributed by atoms with Crippen LogP contribution in [-0.2, 0) is 0 Å². The lowest BCUT2D eigenvalue weighted by Crippen LogP contribution is -2.29. The predicted molar refractivity (Wildman–Crippen MR) is 113 cm³/mol. The van der Waals surface area contributed by atoms with Gasteiger partial charge in [-0.1, -0.05) is 98.3 Å². The van der Waals surface area contributed by atoms with E-state index >= 15 is 0 Å². The van der Waals surface area contributed by atoms with E-state index in [1.54, 1.807) is 0 Å². The Balaban J connectivity index is 1.79. The second-order valence-electron chi connectivity index (χ2n) is 6.54. The summed E-state index contributed by atoms with van der Waals surface area (Å²) in [6.45, 7) is 2.16. The summed E-state index contributed by atoms with van der Waals surface area (Å²) in [6.07, 6.45) is 6.47. The molecule has 1 amide bonds. The average molecular weight is 355 g/mol. The maximum Gasteiger partial charge on any atom is 0.252 e. The molecule has 136 valence electrons. The van der Waals surface area contributed by atoms with E-state index in [1.807, 2.05) is 84.9 Å². The molecule has 0 fully saturated rings. The van der Waals surface area contributed by atoms with Gasteiger partial charge in [0.15, 0.2) is 0 Å². The minimum atomic E-state index is -0.177. The highest BCUT2D eigenvalue weighted by Crippen LogP contribution is 2.22. The Kier molecular flexibility index (Phi) is 6.59. The molecule has 2 nitrogen and oxygen atoms in total. The number of allylic oxidation sites excluding steroid dienone is 1. The Labute approximate surface area is 161 Å². The number of hydrogen-bond donors (Lipinski definition) is 1. The minimum absolute atomic E-state index is 0.0724. The molecule has 0 aliphatic rings. The number of carbonyl (C=O) groups excluding carboxylic acids is 1. The van der Waals surface area contributed by atoms with Crippen LogP contribution in [0.3, 0.4) is 0 Å². The first-order chi connectivity index (χ1) is 13.3. The van der Waals surface area contributed by atoms with Crippen molar-refractivity contribution in [1.82, 2.24) is 5.32 Å². The largest absolute Gasteiger partial charge is 0.341 e. The van der Waals surface area contributed by atoms with Gasteiger partial charge in [-0.3, -0.25) is 4.79 Å². The minimum Gasteiger partial charge on any atom is -0.341 e. The molecule has 0 aliphatic heterocycles. The van der Waals surface area contributed by atoms with Crippen LogP contribution in [0.5, 0.6) is 0 Å². The number of unbranched alkanes of at least 4 members (excludes halogenated alkanes) is 1. The second kappa shape index (κ2) is 9.54. The summed E-state index contributed by atoms with van der Waals surface area (Å²) < 4.78 is 0. The molecule has 0 saturated heterocycles. The van der Waals surface area contributed by atoms with Gasteiger partial charge in [-0.2, -0.15) is 0 Å². The van der Waals surface area contributed by atoms with Gasteiger partial charge in [-0.15, -0.1) is 0 Å². The van der Waals surface area contributed by atoms with E-state index in [-0.39, 0.29) is 11.9 Å². The molecule has 0 aliphatic carbocycles. The molecule has 0 heterocycles. The lowest BCUT2D eigenvalue weighted by molar-refractivity contribution is 0.0943. The summed E-state index contributed by atoms with van der Waals surface area (Å²) in [5.74, 6) is -0.0724. The van der Waals surface area contributed by atoms with Gasteiger partial charge < -0.3 is 5.32 Å². The molecule has 3 aromatic carbocycles. The normalized spacial score (nSPS) is 11.0. The Morgan fingerprint density at radius 1 is 0.852 bits per heavy atom. The van der Waals surface area contributed by atoms with Crippen molar-refractivity contribution in [2.75, 3.05) is 0 Å². The molecule has 0 spiro atoms. The fourth-order valence-corrected chi connectivity index (χ4v) is 3.00. The molecule has 0 unspecified atom stereocenters. The van der Waals surface area contributed by atoms with Crippen LogP contribution in [0.1, 0.15) is 52.9 Å². The van der Waals surface area contributed by atoms with Crippen LogP contribution >= 0.6 is 0 Å². The summed E-state index contributed by atoms with van der Waals surface area (Å²) in [6, 6.07) is 27.7. The Morgan fingerprint density at radius 2 is 1.41 bits per heavy atom. The van der Waals surface area contributed by atoms with Crippen molar-refractivity contribution in [2.45, 2.75) is 25.8 Å². The molecule has 0 aromatic heterocycles. The van der Waals surface area contributed by atoms with E-state index in [9.17, 15) is 4.79 Å². The molecular weight excluding hydrogens is 330 g/mol. The quantitative estimate of drug-likeness (QED) is 0.552. The topological polar surface area (TPSA) is 29.1 Å². The fraction of sp³-hybridized carbons (Fsp3) is 0.160. The third-order valence-electron chi connectivity index (χ3n) is 4.48. The van der Waals surface area contributed by atoms with Crippen LogP contribution < -0.4 is 5.32 Å². The van der Waals surface area contributed by atoms with Gasteiger partial charge in [-0.05, 0) is 35.2 Å². The van der Waals surface area contributed by atoms with Crippen LogP contribution in [0, 0.1) is 0 Å². The fourth-order valence-electron chi connectivity index (χ4n) is 3.00. The third-order valence-corrected chi connectivity index (χ3v) is 4.48. The van der Waals surface area contributed by atoms with Crippen molar-refractivity contribution < 1.29 is 4.79 Å². The predicted octanol–water partition coefficient (Wildman–Crippen LogP) is 6.02. The molecule has 0 radical (unpaired) electrons. The summed E-state index contributed by atoms with van der Waals surface area (Å²) >= 11 is 0. The number of amides is 1. The van der Waals surface area contributed by atoms with Crippen molar-refractivity contribution in [1.29, 1.82) is 0 Å². The molecule has 3 aromatic rings. The zero-order valence-corrected chi connectivity index (χ0v) is 15.6. The van der Waals surface area contributed by atoms with Crippen molar-refractivity contribution >= 4 is 12.0 Å². The zero-order valence-electron chi connectivity index (χ0n) is 15.6. The molecule has 0 saturated carbocycles. The van der Waals surface area contributed by atoms with Crippen LogP contribution in [0.2, 0.25) is 0 Å². The lowest BCUT2D eigenvalue weighted by Gasteiger charge is -2.20. The number of nitrogens with one attached hydrogen (secondary N) is 1. The molecule has 0 atom stereocenters. The molecule has 3 rings (SSSR count). The highest BCUT2D eigenvalue weighted by atomic mass is 16.1. The van der Waals surface area contributed by atoms with E-state index < -0.39 is 0 Å². The lowest BCUT2D eigenvalue weighted by atomic mass is 9.98. The smallest absolute Gasteiger partial charge is 0.252 e. The van der Waals surface area contributed by atoms with Crippen LogP contribution in [0.25, 0.3) is 6.08 Å². The zero-order chi connectivity index (χ0) is 18.9. The average Bonchev–Trinajstić information content (AvgIpc) is 2.74. The maximum absolute atomic E-state index is 12.8. The van der Waals surface area contributed by atoms with E-state index in [0.29, 0.717) is 5.56 Å². The Bertz CT molecular complexity index is 828. The van der Waals surface area contributed by atoms with Crippen molar-refractivity contribution in [3.8, 4) is 0 Å².